The molecule has 5 heteroatoms. The maximum Gasteiger partial charge on any atom is 0.514 e. The predicted molar refractivity (Wildman–Crippen MR) is 69.9 cm³/mol. The summed E-state index contributed by atoms with van der Waals surface area (Å²) in [5.74, 6) is 0.555. The monoisotopic (exact) mass is 266 g/mol. The van der Waals surface area contributed by atoms with Crippen molar-refractivity contribution in [2.75, 3.05) is 6.61 Å². The molecule has 0 unspecified atom stereocenters. The van der Waals surface area contributed by atoms with Crippen molar-refractivity contribution in [2.24, 2.45) is 0 Å². The predicted octanol–water partition coefficient (Wildman–Crippen LogP) is 3.21. The molecule has 0 fully saturated rings. The molecule has 0 heterocycles. The van der Waals surface area contributed by atoms with E-state index < -0.39 is 11.8 Å². The third kappa shape index (κ3) is 4.99. The average Bonchev–Trinajstić information content (AvgIpc) is 2.29. The molecule has 0 bridgehead atoms. The third-order valence-electron chi connectivity index (χ3n) is 1.99. The topological polar surface area (TPSA) is 61.8 Å². The Labute approximate surface area is 112 Å². The van der Waals surface area contributed by atoms with Gasteiger partial charge in [0.25, 0.3) is 0 Å². The van der Waals surface area contributed by atoms with Gasteiger partial charge in [-0.2, -0.15) is 0 Å². The van der Waals surface area contributed by atoms with Crippen LogP contribution in [0.25, 0.3) is 0 Å². The van der Waals surface area contributed by atoms with Crippen LogP contribution in [-0.4, -0.2) is 24.6 Å². The lowest BCUT2D eigenvalue weighted by Crippen LogP contribution is -2.26. The molecule has 0 N–H and O–H groups in total. The van der Waals surface area contributed by atoms with Crippen LogP contribution >= 0.6 is 0 Å². The second-order valence-corrected chi connectivity index (χ2v) is 4.82. The summed E-state index contributed by atoms with van der Waals surface area (Å²) < 4.78 is 15.4. The fourth-order valence-electron chi connectivity index (χ4n) is 1.31. The van der Waals surface area contributed by atoms with E-state index in [1.807, 2.05) is 0 Å². The molecule has 19 heavy (non-hydrogen) atoms. The number of aldehydes is 1. The number of ether oxygens (including phenoxy) is 3. The Hall–Kier alpha value is -2.04. The first-order valence-corrected chi connectivity index (χ1v) is 5.98. The van der Waals surface area contributed by atoms with E-state index in [2.05, 4.69) is 0 Å². The molecule has 1 aromatic carbocycles. The second-order valence-electron chi connectivity index (χ2n) is 4.82. The van der Waals surface area contributed by atoms with E-state index in [9.17, 15) is 9.59 Å². The Morgan fingerprint density at radius 3 is 2.47 bits per heavy atom. The Morgan fingerprint density at radius 2 is 1.95 bits per heavy atom. The number of rotatable bonds is 4. The van der Waals surface area contributed by atoms with Gasteiger partial charge in [0, 0.05) is 5.56 Å². The molecule has 0 spiro atoms. The number of hydrogen-bond donors (Lipinski definition) is 0. The van der Waals surface area contributed by atoms with E-state index in [0.29, 0.717) is 24.2 Å². The number of hydrogen-bond acceptors (Lipinski definition) is 5. The molecule has 0 aliphatic rings. The molecule has 5 nitrogen and oxygen atoms in total. The molecule has 0 aromatic heterocycles. The van der Waals surface area contributed by atoms with Gasteiger partial charge in [0.2, 0.25) is 0 Å². The Balaban J connectivity index is 2.87. The van der Waals surface area contributed by atoms with Gasteiger partial charge in [-0.15, -0.1) is 0 Å². The summed E-state index contributed by atoms with van der Waals surface area (Å²) in [5.41, 5.74) is -0.189. The zero-order valence-corrected chi connectivity index (χ0v) is 11.6. The van der Waals surface area contributed by atoms with Gasteiger partial charge < -0.3 is 14.2 Å². The van der Waals surface area contributed by atoms with Crippen LogP contribution in [0.1, 0.15) is 38.1 Å². The Kier molecular flexibility index (Phi) is 4.92. The van der Waals surface area contributed by atoms with Gasteiger partial charge in [-0.25, -0.2) is 4.79 Å². The lowest BCUT2D eigenvalue weighted by atomic mass is 10.2. The molecule has 0 atom stereocenters. The summed E-state index contributed by atoms with van der Waals surface area (Å²) in [5, 5.41) is 0. The van der Waals surface area contributed by atoms with Crippen LogP contribution in [0.4, 0.5) is 4.79 Å². The van der Waals surface area contributed by atoms with E-state index in [0.717, 1.165) is 0 Å². The molecule has 1 aromatic rings. The highest BCUT2D eigenvalue weighted by Crippen LogP contribution is 2.28. The fourth-order valence-corrected chi connectivity index (χ4v) is 1.31. The van der Waals surface area contributed by atoms with Crippen LogP contribution in [-0.2, 0) is 4.74 Å². The van der Waals surface area contributed by atoms with Crippen molar-refractivity contribution >= 4 is 12.4 Å². The van der Waals surface area contributed by atoms with Crippen molar-refractivity contribution in [2.45, 2.75) is 33.3 Å². The molecule has 0 radical (unpaired) electrons. The van der Waals surface area contributed by atoms with Crippen molar-refractivity contribution in [3.8, 4) is 11.5 Å². The highest BCUT2D eigenvalue weighted by molar-refractivity contribution is 5.77. The van der Waals surface area contributed by atoms with Crippen LogP contribution in [0.5, 0.6) is 11.5 Å². The van der Waals surface area contributed by atoms with Crippen LogP contribution in [0.2, 0.25) is 0 Å². The van der Waals surface area contributed by atoms with Crippen molar-refractivity contribution in [3.05, 3.63) is 23.8 Å². The minimum atomic E-state index is -0.813. The van der Waals surface area contributed by atoms with Crippen LogP contribution in [0, 0.1) is 0 Å². The lowest BCUT2D eigenvalue weighted by Gasteiger charge is -2.19. The van der Waals surface area contributed by atoms with Gasteiger partial charge in [-0.3, -0.25) is 4.79 Å². The first kappa shape index (κ1) is 15.0. The van der Waals surface area contributed by atoms with Crippen molar-refractivity contribution in [3.63, 3.8) is 0 Å². The Bertz CT molecular complexity index is 459. The first-order chi connectivity index (χ1) is 8.85. The standard InChI is InChI=1S/C14H18O5/c1-5-17-12-8-10(9-15)6-7-11(12)18-13(16)19-14(2,3)4/h6-9H,5H2,1-4H3. The maximum absolute atomic E-state index is 11.6. The lowest BCUT2D eigenvalue weighted by molar-refractivity contribution is 0.0200. The van der Waals surface area contributed by atoms with E-state index in [1.165, 1.54) is 18.2 Å². The summed E-state index contributed by atoms with van der Waals surface area (Å²) in [6.07, 6.45) is -0.118. The third-order valence-corrected chi connectivity index (χ3v) is 1.99. The normalized spacial score (nSPS) is 10.7. The number of carbonyl (C=O) groups excluding carboxylic acids is 2. The highest BCUT2D eigenvalue weighted by Gasteiger charge is 2.19. The maximum atomic E-state index is 11.6. The molecular formula is C14H18O5. The molecule has 0 aliphatic heterocycles. The zero-order chi connectivity index (χ0) is 14.5. The average molecular weight is 266 g/mol. The molecule has 0 amide bonds. The molecule has 104 valence electrons. The SMILES string of the molecule is CCOc1cc(C=O)ccc1OC(=O)OC(C)(C)C. The van der Waals surface area contributed by atoms with Gasteiger partial charge >= 0.3 is 6.16 Å². The van der Waals surface area contributed by atoms with Gasteiger partial charge in [0.05, 0.1) is 6.61 Å². The van der Waals surface area contributed by atoms with Crippen LogP contribution in [0.3, 0.4) is 0 Å². The van der Waals surface area contributed by atoms with Crippen molar-refractivity contribution in [1.82, 2.24) is 0 Å². The molecule has 0 aliphatic carbocycles. The van der Waals surface area contributed by atoms with E-state index >= 15 is 0 Å². The van der Waals surface area contributed by atoms with E-state index in [4.69, 9.17) is 14.2 Å². The van der Waals surface area contributed by atoms with Crippen LogP contribution in [0.15, 0.2) is 18.2 Å². The molecule has 1 rings (SSSR count). The van der Waals surface area contributed by atoms with Gasteiger partial charge in [0.15, 0.2) is 11.5 Å². The highest BCUT2D eigenvalue weighted by atomic mass is 16.7. The second kappa shape index (κ2) is 6.22. The van der Waals surface area contributed by atoms with E-state index in [1.54, 1.807) is 27.7 Å². The largest absolute Gasteiger partial charge is 0.514 e. The van der Waals surface area contributed by atoms with Gasteiger partial charge in [-0.1, -0.05) is 0 Å². The summed E-state index contributed by atoms with van der Waals surface area (Å²) in [6.45, 7) is 7.42. The minimum Gasteiger partial charge on any atom is -0.490 e. The zero-order valence-electron chi connectivity index (χ0n) is 11.6. The van der Waals surface area contributed by atoms with Gasteiger partial charge in [0.1, 0.15) is 11.9 Å². The summed E-state index contributed by atoms with van der Waals surface area (Å²) in [7, 11) is 0. The molecule has 0 saturated heterocycles. The number of benzene rings is 1. The van der Waals surface area contributed by atoms with Gasteiger partial charge in [-0.05, 0) is 45.9 Å². The molecular weight excluding hydrogens is 248 g/mol. The minimum absolute atomic E-state index is 0.224. The first-order valence-electron chi connectivity index (χ1n) is 5.98. The van der Waals surface area contributed by atoms with Crippen molar-refractivity contribution in [1.29, 1.82) is 0 Å². The fraction of sp³-hybridized carbons (Fsp3) is 0.429. The number of carbonyl (C=O) groups is 2. The summed E-state index contributed by atoms with van der Waals surface area (Å²) in [4.78, 5) is 22.3. The summed E-state index contributed by atoms with van der Waals surface area (Å²) in [6, 6.07) is 4.55. The molecule has 0 saturated carbocycles. The van der Waals surface area contributed by atoms with Crippen molar-refractivity contribution < 1.29 is 23.8 Å². The Morgan fingerprint density at radius 1 is 1.26 bits per heavy atom. The quantitative estimate of drug-likeness (QED) is 0.475. The van der Waals surface area contributed by atoms with E-state index in [-0.39, 0.29) is 5.75 Å². The summed E-state index contributed by atoms with van der Waals surface area (Å²) >= 11 is 0. The smallest absolute Gasteiger partial charge is 0.490 e. The van der Waals surface area contributed by atoms with Crippen LogP contribution < -0.4 is 9.47 Å².